The van der Waals surface area contributed by atoms with Crippen LogP contribution < -0.4 is 4.90 Å². The fraction of sp³-hybridized carbons (Fsp3) is 0.533. The third-order valence-electron chi connectivity index (χ3n) is 4.06. The van der Waals surface area contributed by atoms with E-state index in [0.717, 1.165) is 50.7 Å². The van der Waals surface area contributed by atoms with Crippen LogP contribution in [0.4, 0.5) is 5.82 Å². The molecule has 0 spiro atoms. The Bertz CT molecular complexity index is 633. The molecule has 0 aromatic carbocycles. The summed E-state index contributed by atoms with van der Waals surface area (Å²) in [5.41, 5.74) is 0.922. The summed E-state index contributed by atoms with van der Waals surface area (Å²) in [5, 5.41) is 4.10. The molecular weight excluding hydrogens is 284 g/mol. The van der Waals surface area contributed by atoms with E-state index < -0.39 is 0 Å². The minimum Gasteiger partial charge on any atom is -0.381 e. The molecule has 0 amide bonds. The number of hydrogen-bond donors (Lipinski definition) is 0. The first-order valence-electron chi connectivity index (χ1n) is 7.60. The van der Waals surface area contributed by atoms with Gasteiger partial charge in [0.2, 0.25) is 11.7 Å². The molecule has 4 heterocycles. The second-order valence-corrected chi connectivity index (χ2v) is 5.52. The number of aromatic nitrogens is 3. The molecule has 4 rings (SSSR count). The summed E-state index contributed by atoms with van der Waals surface area (Å²) in [5.74, 6) is 2.43. The summed E-state index contributed by atoms with van der Waals surface area (Å²) >= 11 is 0. The minimum absolute atomic E-state index is 0.224. The molecule has 0 saturated carbocycles. The van der Waals surface area contributed by atoms with Crippen LogP contribution in [-0.2, 0) is 9.47 Å². The summed E-state index contributed by atoms with van der Waals surface area (Å²) in [6.45, 7) is 4.61. The van der Waals surface area contributed by atoms with Gasteiger partial charge >= 0.3 is 0 Å². The zero-order valence-electron chi connectivity index (χ0n) is 12.3. The zero-order chi connectivity index (χ0) is 14.8. The molecule has 1 atom stereocenters. The van der Waals surface area contributed by atoms with Gasteiger partial charge < -0.3 is 18.9 Å². The first-order valence-corrected chi connectivity index (χ1v) is 7.60. The van der Waals surface area contributed by atoms with Gasteiger partial charge in [0.1, 0.15) is 5.82 Å². The van der Waals surface area contributed by atoms with Crippen LogP contribution in [-0.4, -0.2) is 54.6 Å². The summed E-state index contributed by atoms with van der Waals surface area (Å²) < 4.78 is 16.1. The summed E-state index contributed by atoms with van der Waals surface area (Å²) in [4.78, 5) is 11.2. The molecule has 7 nitrogen and oxygen atoms in total. The lowest BCUT2D eigenvalue weighted by Crippen LogP contribution is -2.36. The van der Waals surface area contributed by atoms with Crippen LogP contribution in [0.25, 0.3) is 11.4 Å². The summed E-state index contributed by atoms with van der Waals surface area (Å²) in [6.07, 6.45) is 2.73. The molecular formula is C15H18N4O3. The van der Waals surface area contributed by atoms with Crippen LogP contribution in [0.1, 0.15) is 18.2 Å². The Labute approximate surface area is 128 Å². The zero-order valence-corrected chi connectivity index (χ0v) is 12.3. The van der Waals surface area contributed by atoms with Crippen LogP contribution in [0.15, 0.2) is 22.9 Å². The Morgan fingerprint density at radius 1 is 1.14 bits per heavy atom. The predicted molar refractivity (Wildman–Crippen MR) is 78.7 cm³/mol. The average Bonchev–Trinajstić information content (AvgIpc) is 3.27. The van der Waals surface area contributed by atoms with E-state index in [1.165, 1.54) is 0 Å². The highest BCUT2D eigenvalue weighted by Crippen LogP contribution is 2.27. The van der Waals surface area contributed by atoms with Gasteiger partial charge in [-0.3, -0.25) is 0 Å². The van der Waals surface area contributed by atoms with E-state index in [4.69, 9.17) is 14.0 Å². The lowest BCUT2D eigenvalue weighted by Gasteiger charge is -2.27. The van der Waals surface area contributed by atoms with Crippen molar-refractivity contribution >= 4 is 5.82 Å². The molecule has 0 N–H and O–H groups in total. The van der Waals surface area contributed by atoms with Crippen LogP contribution in [0.3, 0.4) is 0 Å². The van der Waals surface area contributed by atoms with Crippen molar-refractivity contribution in [3.63, 3.8) is 0 Å². The topological polar surface area (TPSA) is 73.5 Å². The number of anilines is 1. The first kappa shape index (κ1) is 13.7. The van der Waals surface area contributed by atoms with E-state index >= 15 is 0 Å². The molecule has 2 fully saturated rings. The van der Waals surface area contributed by atoms with E-state index in [9.17, 15) is 0 Å². The van der Waals surface area contributed by atoms with Gasteiger partial charge in [0, 0.05) is 31.5 Å². The van der Waals surface area contributed by atoms with Crippen molar-refractivity contribution in [2.45, 2.75) is 12.3 Å². The standard InChI is InChI=1S/C15H18N4O3/c1-3-16-13(19-4-7-20-8-5-19)9-11(1)14-17-15(22-18-14)12-2-6-21-10-12/h1,3,9,12H,2,4-8,10H2. The number of morpholine rings is 1. The average molecular weight is 302 g/mol. The van der Waals surface area contributed by atoms with Crippen molar-refractivity contribution in [3.8, 4) is 11.4 Å². The van der Waals surface area contributed by atoms with Crippen molar-refractivity contribution in [1.29, 1.82) is 0 Å². The van der Waals surface area contributed by atoms with Gasteiger partial charge in [-0.25, -0.2) is 4.98 Å². The Morgan fingerprint density at radius 2 is 2.05 bits per heavy atom. The summed E-state index contributed by atoms with van der Waals surface area (Å²) in [7, 11) is 0. The van der Waals surface area contributed by atoms with Gasteiger partial charge in [0.15, 0.2) is 0 Å². The normalized spacial score (nSPS) is 22.2. The quantitative estimate of drug-likeness (QED) is 0.850. The van der Waals surface area contributed by atoms with E-state index in [0.29, 0.717) is 18.3 Å². The second-order valence-electron chi connectivity index (χ2n) is 5.52. The number of ether oxygens (including phenoxy) is 2. The van der Waals surface area contributed by atoms with E-state index in [1.807, 2.05) is 12.1 Å². The van der Waals surface area contributed by atoms with E-state index in [2.05, 4.69) is 20.0 Å². The lowest BCUT2D eigenvalue weighted by atomic mass is 10.1. The summed E-state index contributed by atoms with van der Waals surface area (Å²) in [6, 6.07) is 3.91. The molecule has 2 aromatic heterocycles. The molecule has 22 heavy (non-hydrogen) atoms. The Morgan fingerprint density at radius 3 is 2.86 bits per heavy atom. The largest absolute Gasteiger partial charge is 0.381 e. The Kier molecular flexibility index (Phi) is 3.74. The third kappa shape index (κ3) is 2.69. The van der Waals surface area contributed by atoms with E-state index in [-0.39, 0.29) is 5.92 Å². The van der Waals surface area contributed by atoms with Gasteiger partial charge in [-0.15, -0.1) is 0 Å². The minimum atomic E-state index is 0.224. The third-order valence-corrected chi connectivity index (χ3v) is 4.06. The highest BCUT2D eigenvalue weighted by Gasteiger charge is 2.24. The van der Waals surface area contributed by atoms with Gasteiger partial charge in [-0.1, -0.05) is 5.16 Å². The highest BCUT2D eigenvalue weighted by atomic mass is 16.5. The molecule has 2 aliphatic rings. The number of pyridine rings is 1. The molecule has 7 heteroatoms. The van der Waals surface area contributed by atoms with Crippen molar-refractivity contribution in [3.05, 3.63) is 24.2 Å². The van der Waals surface area contributed by atoms with Crippen LogP contribution in [0.2, 0.25) is 0 Å². The Balaban J connectivity index is 1.56. The first-order chi connectivity index (χ1) is 10.9. The van der Waals surface area contributed by atoms with Crippen molar-refractivity contribution in [2.75, 3.05) is 44.4 Å². The fourth-order valence-electron chi connectivity index (χ4n) is 2.77. The molecule has 0 radical (unpaired) electrons. The van der Waals surface area contributed by atoms with Crippen molar-refractivity contribution in [1.82, 2.24) is 15.1 Å². The molecule has 1 unspecified atom stereocenters. The van der Waals surface area contributed by atoms with Gasteiger partial charge in [-0.2, -0.15) is 4.98 Å². The number of rotatable bonds is 3. The SMILES string of the molecule is c1cc(-c2noc(C3CCOC3)n2)cc(N2CCOCC2)n1. The monoisotopic (exact) mass is 302 g/mol. The second kappa shape index (κ2) is 6.02. The molecule has 0 bridgehead atoms. The van der Waals surface area contributed by atoms with Crippen molar-refractivity contribution < 1.29 is 14.0 Å². The fourth-order valence-corrected chi connectivity index (χ4v) is 2.77. The maximum Gasteiger partial charge on any atom is 0.232 e. The van der Waals surface area contributed by atoms with Gasteiger partial charge in [0.05, 0.1) is 25.7 Å². The molecule has 2 saturated heterocycles. The van der Waals surface area contributed by atoms with Gasteiger partial charge in [0.25, 0.3) is 0 Å². The van der Waals surface area contributed by atoms with Crippen molar-refractivity contribution in [2.24, 2.45) is 0 Å². The maximum atomic E-state index is 5.39. The maximum absolute atomic E-state index is 5.39. The van der Waals surface area contributed by atoms with Crippen LogP contribution in [0.5, 0.6) is 0 Å². The molecule has 2 aromatic rings. The number of hydrogen-bond acceptors (Lipinski definition) is 7. The molecule has 116 valence electrons. The Hall–Kier alpha value is -1.99. The highest BCUT2D eigenvalue weighted by molar-refractivity contribution is 5.59. The molecule has 0 aliphatic carbocycles. The van der Waals surface area contributed by atoms with Gasteiger partial charge in [-0.05, 0) is 18.6 Å². The van der Waals surface area contributed by atoms with Crippen LogP contribution in [0, 0.1) is 0 Å². The molecule has 2 aliphatic heterocycles. The predicted octanol–water partition coefficient (Wildman–Crippen LogP) is 1.47. The lowest BCUT2D eigenvalue weighted by molar-refractivity contribution is 0.122. The van der Waals surface area contributed by atoms with E-state index in [1.54, 1.807) is 6.20 Å². The smallest absolute Gasteiger partial charge is 0.232 e. The van der Waals surface area contributed by atoms with Crippen LogP contribution >= 0.6 is 0 Å². The number of nitrogens with zero attached hydrogens (tertiary/aromatic N) is 4.